The van der Waals surface area contributed by atoms with Crippen LogP contribution < -0.4 is 22.1 Å². The van der Waals surface area contributed by atoms with E-state index in [9.17, 15) is 9.59 Å². The second-order valence-corrected chi connectivity index (χ2v) is 13.7. The number of ether oxygens (including phenoxy) is 2. The molecule has 0 aliphatic rings. The van der Waals surface area contributed by atoms with Crippen LogP contribution in [0.1, 0.15) is 151 Å². The third-order valence-electron chi connectivity index (χ3n) is 6.97. The lowest BCUT2D eigenvalue weighted by molar-refractivity contribution is -0.177. The van der Waals surface area contributed by atoms with Crippen molar-refractivity contribution in [2.24, 2.45) is 11.5 Å². The lowest BCUT2D eigenvalue weighted by Gasteiger charge is -2.32. The summed E-state index contributed by atoms with van der Waals surface area (Å²) in [6.07, 6.45) is 19.4. The number of carbonyl (C=O) groups is 2. The van der Waals surface area contributed by atoms with Gasteiger partial charge in [-0.25, -0.2) is 9.59 Å². The molecule has 0 spiro atoms. The van der Waals surface area contributed by atoms with Crippen molar-refractivity contribution in [1.82, 2.24) is 10.6 Å². The highest BCUT2D eigenvalue weighted by Gasteiger charge is 2.47. The van der Waals surface area contributed by atoms with Crippen LogP contribution in [-0.4, -0.2) is 61.4 Å². The summed E-state index contributed by atoms with van der Waals surface area (Å²) in [7, 11) is 0. The van der Waals surface area contributed by atoms with E-state index < -0.39 is 28.7 Å². The Morgan fingerprint density at radius 3 is 1.12 bits per heavy atom. The largest absolute Gasteiger partial charge is 0.458 e. The van der Waals surface area contributed by atoms with Crippen molar-refractivity contribution in [3.05, 3.63) is 0 Å². The zero-order chi connectivity index (χ0) is 31.0. The molecule has 0 heterocycles. The van der Waals surface area contributed by atoms with E-state index in [1.807, 2.05) is 0 Å². The normalized spacial score (nSPS) is 12.5. The van der Waals surface area contributed by atoms with Gasteiger partial charge in [-0.3, -0.25) is 0 Å². The molecule has 0 aromatic rings. The third-order valence-corrected chi connectivity index (χ3v) is 6.97. The number of nitrogens with one attached hydrogen (secondary N) is 2. The van der Waals surface area contributed by atoms with Gasteiger partial charge in [-0.15, -0.1) is 0 Å². The predicted octanol–water partition coefficient (Wildman–Crippen LogP) is 6.14. The monoisotopic (exact) mass is 585 g/mol. The summed E-state index contributed by atoms with van der Waals surface area (Å²) in [6.45, 7) is 15.8. The number of rotatable bonds is 26. The molecule has 8 nitrogen and oxygen atoms in total. The fourth-order valence-corrected chi connectivity index (χ4v) is 4.59. The van der Waals surface area contributed by atoms with Crippen molar-refractivity contribution in [2.45, 2.75) is 167 Å². The second-order valence-electron chi connectivity index (χ2n) is 13.7. The van der Waals surface area contributed by atoms with Crippen LogP contribution in [0.4, 0.5) is 0 Å². The third kappa shape index (κ3) is 24.0. The van der Waals surface area contributed by atoms with E-state index >= 15 is 0 Å². The van der Waals surface area contributed by atoms with Crippen LogP contribution >= 0.6 is 0 Å². The summed E-state index contributed by atoms with van der Waals surface area (Å²) >= 11 is 0. The summed E-state index contributed by atoms with van der Waals surface area (Å²) in [5.41, 5.74) is 8.62. The van der Waals surface area contributed by atoms with Crippen LogP contribution in [0.25, 0.3) is 0 Å². The molecule has 0 aromatic carbocycles. The first kappa shape index (κ1) is 39.8. The summed E-state index contributed by atoms with van der Waals surface area (Å²) in [5, 5.41) is 7.13. The first-order chi connectivity index (χ1) is 19.3. The van der Waals surface area contributed by atoms with Gasteiger partial charge in [0.25, 0.3) is 0 Å². The van der Waals surface area contributed by atoms with Crippen molar-refractivity contribution >= 4 is 11.9 Å². The van der Waals surface area contributed by atoms with Gasteiger partial charge in [-0.05, 0) is 113 Å². The average molecular weight is 585 g/mol. The Balaban J connectivity index is 3.76. The number of carbonyl (C=O) groups excluding carboxylic acids is 2. The van der Waals surface area contributed by atoms with Crippen molar-refractivity contribution in [3.8, 4) is 0 Å². The Kier molecular flexibility index (Phi) is 22.6. The number of hydrogen-bond acceptors (Lipinski definition) is 8. The van der Waals surface area contributed by atoms with Crippen LogP contribution in [-0.2, 0) is 19.1 Å². The molecule has 0 atom stereocenters. The Morgan fingerprint density at radius 1 is 0.512 bits per heavy atom. The fraction of sp³-hybridized carbons (Fsp3) is 0.939. The molecule has 0 amide bonds. The molecule has 0 aliphatic carbocycles. The Morgan fingerprint density at radius 2 is 0.805 bits per heavy atom. The minimum Gasteiger partial charge on any atom is -0.458 e. The SMILES string of the molecule is CC(C)(C)OC(=O)C(N)(CCCCCCNCCCCCCCCNCCCCCCCCN)C(=O)OC(C)(C)C. The average Bonchev–Trinajstić information content (AvgIpc) is 2.87. The van der Waals surface area contributed by atoms with Gasteiger partial charge in [0.1, 0.15) is 11.2 Å². The van der Waals surface area contributed by atoms with E-state index in [1.165, 1.54) is 77.0 Å². The van der Waals surface area contributed by atoms with Crippen molar-refractivity contribution < 1.29 is 19.1 Å². The molecule has 0 bridgehead atoms. The van der Waals surface area contributed by atoms with Gasteiger partial charge in [0.05, 0.1) is 0 Å². The molecule has 0 saturated heterocycles. The smallest absolute Gasteiger partial charge is 0.338 e. The second kappa shape index (κ2) is 23.3. The number of hydrogen-bond donors (Lipinski definition) is 4. The van der Waals surface area contributed by atoms with E-state index in [1.54, 1.807) is 41.5 Å². The Labute approximate surface area is 253 Å². The topological polar surface area (TPSA) is 129 Å². The van der Waals surface area contributed by atoms with Gasteiger partial charge in [0, 0.05) is 0 Å². The quantitative estimate of drug-likeness (QED) is 0.0542. The van der Waals surface area contributed by atoms with Crippen LogP contribution in [0.3, 0.4) is 0 Å². The van der Waals surface area contributed by atoms with Gasteiger partial charge in [-0.2, -0.15) is 0 Å². The van der Waals surface area contributed by atoms with Gasteiger partial charge in [0.2, 0.25) is 5.54 Å². The van der Waals surface area contributed by atoms with E-state index in [0.717, 1.165) is 52.0 Å². The molecule has 244 valence electrons. The fourth-order valence-electron chi connectivity index (χ4n) is 4.59. The van der Waals surface area contributed by atoms with Crippen molar-refractivity contribution in [1.29, 1.82) is 0 Å². The van der Waals surface area contributed by atoms with Gasteiger partial charge in [-0.1, -0.05) is 70.6 Å². The van der Waals surface area contributed by atoms with Crippen molar-refractivity contribution in [3.63, 3.8) is 0 Å². The maximum Gasteiger partial charge on any atom is 0.338 e. The summed E-state index contributed by atoms with van der Waals surface area (Å²) < 4.78 is 10.9. The number of nitrogens with two attached hydrogens (primary N) is 2. The molecule has 0 aromatic heterocycles. The van der Waals surface area contributed by atoms with Gasteiger partial charge >= 0.3 is 11.9 Å². The van der Waals surface area contributed by atoms with E-state index in [2.05, 4.69) is 10.6 Å². The molecular weight excluding hydrogens is 516 g/mol. The van der Waals surface area contributed by atoms with Crippen LogP contribution in [0, 0.1) is 0 Å². The first-order valence-electron chi connectivity index (χ1n) is 16.7. The lowest BCUT2D eigenvalue weighted by atomic mass is 9.92. The highest BCUT2D eigenvalue weighted by atomic mass is 16.6. The summed E-state index contributed by atoms with van der Waals surface area (Å²) in [6, 6.07) is 0. The van der Waals surface area contributed by atoms with Crippen LogP contribution in [0.5, 0.6) is 0 Å². The van der Waals surface area contributed by atoms with E-state index in [0.29, 0.717) is 6.42 Å². The van der Waals surface area contributed by atoms with Crippen LogP contribution in [0.15, 0.2) is 0 Å². The number of unbranched alkanes of at least 4 members (excludes halogenated alkanes) is 13. The van der Waals surface area contributed by atoms with E-state index in [-0.39, 0.29) is 6.42 Å². The maximum atomic E-state index is 12.8. The highest BCUT2D eigenvalue weighted by Crippen LogP contribution is 2.23. The Bertz CT molecular complexity index is 631. The molecule has 6 N–H and O–H groups in total. The zero-order valence-corrected chi connectivity index (χ0v) is 27.8. The Hall–Kier alpha value is -1.22. The van der Waals surface area contributed by atoms with E-state index in [4.69, 9.17) is 20.9 Å². The maximum absolute atomic E-state index is 12.8. The minimum atomic E-state index is -1.78. The zero-order valence-electron chi connectivity index (χ0n) is 27.8. The summed E-state index contributed by atoms with van der Waals surface area (Å²) in [5.74, 6) is -1.43. The molecule has 0 rings (SSSR count). The number of esters is 2. The van der Waals surface area contributed by atoms with Gasteiger partial charge < -0.3 is 31.6 Å². The summed E-state index contributed by atoms with van der Waals surface area (Å²) in [4.78, 5) is 25.6. The lowest BCUT2D eigenvalue weighted by Crippen LogP contribution is -2.59. The molecule has 0 fully saturated rings. The van der Waals surface area contributed by atoms with Gasteiger partial charge in [0.15, 0.2) is 0 Å². The van der Waals surface area contributed by atoms with Crippen molar-refractivity contribution in [2.75, 3.05) is 32.7 Å². The standard InChI is InChI=1S/C33H68N4O4/c1-31(2,3)40-29(38)33(35,30(39)41-32(4,5)6)23-17-11-16-22-28-37-27-21-15-10-9-14-20-26-36-25-19-13-8-7-12-18-24-34/h36-37H,7-28,34-35H2,1-6H3. The highest BCUT2D eigenvalue weighted by molar-refractivity contribution is 6.04. The first-order valence-corrected chi connectivity index (χ1v) is 16.7. The molecule has 0 unspecified atom stereocenters. The van der Waals surface area contributed by atoms with Crippen LogP contribution in [0.2, 0.25) is 0 Å². The molecule has 41 heavy (non-hydrogen) atoms. The molecular formula is C33H68N4O4. The molecule has 0 radical (unpaired) electrons. The predicted molar refractivity (Wildman–Crippen MR) is 172 cm³/mol. The minimum absolute atomic E-state index is 0.219. The molecule has 0 saturated carbocycles. The molecule has 0 aliphatic heterocycles. The molecule has 8 heteroatoms.